The van der Waals surface area contributed by atoms with Crippen LogP contribution in [0.1, 0.15) is 5.56 Å². The molecule has 1 aromatic heterocycles. The highest BCUT2D eigenvalue weighted by atomic mass is 79.9. The average molecular weight is 406 g/mol. The van der Waals surface area contributed by atoms with Gasteiger partial charge < -0.3 is 4.74 Å². The molecule has 0 aliphatic heterocycles. The first-order chi connectivity index (χ1) is 12.7. The monoisotopic (exact) mass is 405 g/mol. The second-order valence-electron chi connectivity index (χ2n) is 5.81. The second-order valence-corrected chi connectivity index (χ2v) is 6.72. The molecule has 0 amide bonds. The number of fused-ring (bicyclic) bond motifs is 1. The highest BCUT2D eigenvalue weighted by molar-refractivity contribution is 9.10. The van der Waals surface area contributed by atoms with Gasteiger partial charge in [-0.2, -0.15) is 5.10 Å². The molecule has 0 saturated heterocycles. The minimum absolute atomic E-state index is 0.623. The van der Waals surface area contributed by atoms with E-state index in [4.69, 9.17) is 4.74 Å². The van der Waals surface area contributed by atoms with E-state index in [1.807, 2.05) is 60.8 Å². The van der Waals surface area contributed by atoms with E-state index >= 15 is 0 Å². The van der Waals surface area contributed by atoms with Crippen molar-refractivity contribution in [3.05, 3.63) is 76.8 Å². The Morgan fingerprint density at radius 1 is 1.04 bits per heavy atom. The number of aliphatic imine (C=N–C) groups is 1. The van der Waals surface area contributed by atoms with Crippen molar-refractivity contribution in [1.29, 1.82) is 0 Å². The van der Waals surface area contributed by atoms with E-state index in [-0.39, 0.29) is 0 Å². The fourth-order valence-corrected chi connectivity index (χ4v) is 3.14. The summed E-state index contributed by atoms with van der Waals surface area (Å²) in [5.41, 5.74) is 2.93. The fraction of sp³-hybridized carbons (Fsp3) is 0.0476. The minimum atomic E-state index is 0.623. The van der Waals surface area contributed by atoms with Crippen LogP contribution in [-0.2, 0) is 0 Å². The van der Waals surface area contributed by atoms with Crippen LogP contribution in [-0.4, -0.2) is 23.5 Å². The minimum Gasteiger partial charge on any atom is -0.496 e. The lowest BCUT2D eigenvalue weighted by Gasteiger charge is -2.07. The Kier molecular flexibility index (Phi) is 4.54. The number of hydrogen-bond donors (Lipinski definition) is 1. The number of H-pyrrole nitrogens is 1. The van der Waals surface area contributed by atoms with Gasteiger partial charge in [0.15, 0.2) is 5.82 Å². The van der Waals surface area contributed by atoms with Crippen molar-refractivity contribution in [3.8, 4) is 17.0 Å². The van der Waals surface area contributed by atoms with Crippen LogP contribution >= 0.6 is 15.9 Å². The van der Waals surface area contributed by atoms with Crippen LogP contribution < -0.4 is 4.74 Å². The van der Waals surface area contributed by atoms with E-state index in [1.165, 1.54) is 0 Å². The summed E-state index contributed by atoms with van der Waals surface area (Å²) < 4.78 is 6.55. The number of aromatic amines is 1. The Bertz CT molecular complexity index is 1080. The molecule has 4 rings (SSSR count). The van der Waals surface area contributed by atoms with Crippen LogP contribution in [0.4, 0.5) is 5.82 Å². The molecular formula is C21H16BrN3O. The summed E-state index contributed by atoms with van der Waals surface area (Å²) in [5.74, 6) is 1.41. The van der Waals surface area contributed by atoms with Gasteiger partial charge >= 0.3 is 0 Å². The Labute approximate surface area is 159 Å². The van der Waals surface area contributed by atoms with Crippen molar-refractivity contribution in [3.63, 3.8) is 0 Å². The van der Waals surface area contributed by atoms with Gasteiger partial charge in [0.1, 0.15) is 5.75 Å². The number of nitrogens with one attached hydrogen (secondary N) is 1. The van der Waals surface area contributed by atoms with E-state index in [0.717, 1.165) is 37.8 Å². The Hall–Kier alpha value is -2.92. The molecule has 4 aromatic rings. The predicted molar refractivity (Wildman–Crippen MR) is 109 cm³/mol. The first-order valence-electron chi connectivity index (χ1n) is 8.16. The van der Waals surface area contributed by atoms with Crippen molar-refractivity contribution in [2.75, 3.05) is 7.11 Å². The maximum atomic E-state index is 5.50. The molecule has 0 unspecified atom stereocenters. The molecule has 0 aliphatic rings. The number of ether oxygens (including phenoxy) is 1. The number of hydrogen-bond acceptors (Lipinski definition) is 3. The van der Waals surface area contributed by atoms with Crippen LogP contribution in [0, 0.1) is 0 Å². The highest BCUT2D eigenvalue weighted by Gasteiger charge is 2.07. The summed E-state index contributed by atoms with van der Waals surface area (Å²) in [5, 5.41) is 9.57. The van der Waals surface area contributed by atoms with E-state index in [2.05, 4.69) is 43.3 Å². The van der Waals surface area contributed by atoms with Gasteiger partial charge in [0.05, 0.1) is 12.8 Å². The SMILES string of the molecule is COc1ccc2ccccc2c1C=Nc1cc(-c2ccc(Br)cc2)[nH]n1. The zero-order chi connectivity index (χ0) is 17.9. The van der Waals surface area contributed by atoms with Gasteiger partial charge in [0.25, 0.3) is 0 Å². The summed E-state index contributed by atoms with van der Waals surface area (Å²) >= 11 is 3.45. The number of benzene rings is 3. The molecule has 3 aromatic carbocycles. The number of aromatic nitrogens is 2. The largest absolute Gasteiger partial charge is 0.496 e. The van der Waals surface area contributed by atoms with Crippen LogP contribution in [0.25, 0.3) is 22.0 Å². The van der Waals surface area contributed by atoms with Gasteiger partial charge in [0.2, 0.25) is 0 Å². The molecule has 0 spiro atoms. The molecular weight excluding hydrogens is 390 g/mol. The third-order valence-corrected chi connectivity index (χ3v) is 4.72. The van der Waals surface area contributed by atoms with Gasteiger partial charge in [-0.05, 0) is 34.5 Å². The molecule has 1 N–H and O–H groups in total. The lowest BCUT2D eigenvalue weighted by molar-refractivity contribution is 0.415. The molecule has 0 saturated carbocycles. The number of rotatable bonds is 4. The number of nitrogens with zero attached hydrogens (tertiary/aromatic N) is 2. The Balaban J connectivity index is 1.69. The van der Waals surface area contributed by atoms with Gasteiger partial charge in [-0.15, -0.1) is 0 Å². The predicted octanol–water partition coefficient (Wildman–Crippen LogP) is 5.75. The zero-order valence-electron chi connectivity index (χ0n) is 14.1. The first kappa shape index (κ1) is 16.5. The van der Waals surface area contributed by atoms with E-state index < -0.39 is 0 Å². The van der Waals surface area contributed by atoms with Crippen molar-refractivity contribution < 1.29 is 4.74 Å². The van der Waals surface area contributed by atoms with Crippen molar-refractivity contribution in [2.24, 2.45) is 4.99 Å². The van der Waals surface area contributed by atoms with E-state index in [0.29, 0.717) is 5.82 Å². The van der Waals surface area contributed by atoms with Gasteiger partial charge in [-0.3, -0.25) is 5.10 Å². The molecule has 1 heterocycles. The van der Waals surface area contributed by atoms with Gasteiger partial charge in [-0.25, -0.2) is 4.99 Å². The summed E-state index contributed by atoms with van der Waals surface area (Å²) in [6.07, 6.45) is 1.81. The quantitative estimate of drug-likeness (QED) is 0.439. The smallest absolute Gasteiger partial charge is 0.174 e. The average Bonchev–Trinajstić information content (AvgIpc) is 3.15. The molecule has 0 atom stereocenters. The third-order valence-electron chi connectivity index (χ3n) is 4.20. The van der Waals surface area contributed by atoms with Crippen molar-refractivity contribution in [2.45, 2.75) is 0 Å². The molecule has 128 valence electrons. The summed E-state index contributed by atoms with van der Waals surface area (Å²) in [6.45, 7) is 0. The Morgan fingerprint density at radius 2 is 1.85 bits per heavy atom. The van der Waals surface area contributed by atoms with Gasteiger partial charge in [-0.1, -0.05) is 58.4 Å². The third kappa shape index (κ3) is 3.26. The van der Waals surface area contributed by atoms with Crippen LogP contribution in [0.15, 0.2) is 76.2 Å². The number of methoxy groups -OCH3 is 1. The maximum absolute atomic E-state index is 5.50. The molecule has 0 fully saturated rings. The van der Waals surface area contributed by atoms with Crippen molar-refractivity contribution >= 4 is 38.7 Å². The Morgan fingerprint density at radius 3 is 2.65 bits per heavy atom. The maximum Gasteiger partial charge on any atom is 0.174 e. The van der Waals surface area contributed by atoms with E-state index in [1.54, 1.807) is 7.11 Å². The standard InChI is InChI=1S/C21H16BrN3O/c1-26-20-11-8-14-4-2-3-5-17(14)18(20)13-23-21-12-19(24-25-21)15-6-9-16(22)10-7-15/h2-13H,1H3,(H,24,25). The fourth-order valence-electron chi connectivity index (χ4n) is 2.87. The molecule has 4 nitrogen and oxygen atoms in total. The lowest BCUT2D eigenvalue weighted by atomic mass is 10.0. The molecule has 0 bridgehead atoms. The molecule has 0 aliphatic carbocycles. The van der Waals surface area contributed by atoms with E-state index in [9.17, 15) is 0 Å². The normalized spacial score (nSPS) is 11.3. The summed E-state index contributed by atoms with van der Waals surface area (Å²) in [4.78, 5) is 4.54. The lowest BCUT2D eigenvalue weighted by Crippen LogP contribution is -1.92. The number of halogens is 1. The zero-order valence-corrected chi connectivity index (χ0v) is 15.7. The second kappa shape index (κ2) is 7.14. The topological polar surface area (TPSA) is 50.3 Å². The van der Waals surface area contributed by atoms with Gasteiger partial charge in [0, 0.05) is 22.3 Å². The van der Waals surface area contributed by atoms with Crippen molar-refractivity contribution in [1.82, 2.24) is 10.2 Å². The van der Waals surface area contributed by atoms with Crippen LogP contribution in [0.5, 0.6) is 5.75 Å². The first-order valence-corrected chi connectivity index (χ1v) is 8.95. The summed E-state index contributed by atoms with van der Waals surface area (Å²) in [7, 11) is 1.67. The molecule has 26 heavy (non-hydrogen) atoms. The highest BCUT2D eigenvalue weighted by Crippen LogP contribution is 2.28. The van der Waals surface area contributed by atoms with Crippen LogP contribution in [0.3, 0.4) is 0 Å². The molecule has 0 radical (unpaired) electrons. The molecule has 5 heteroatoms. The van der Waals surface area contributed by atoms with Crippen LogP contribution in [0.2, 0.25) is 0 Å². The summed E-state index contributed by atoms with van der Waals surface area (Å²) in [6, 6.07) is 22.2.